The van der Waals surface area contributed by atoms with Gasteiger partial charge in [0.05, 0.1) is 17.4 Å². The maximum Gasteiger partial charge on any atom is 0.266 e. The summed E-state index contributed by atoms with van der Waals surface area (Å²) in [4.78, 5) is 29.0. The molecule has 2 fully saturated rings. The first kappa shape index (κ1) is 20.9. The summed E-state index contributed by atoms with van der Waals surface area (Å²) >= 11 is 1.61. The molecule has 1 atom stereocenters. The van der Waals surface area contributed by atoms with Gasteiger partial charge in [-0.05, 0) is 66.8 Å². The van der Waals surface area contributed by atoms with E-state index in [1.807, 2.05) is 46.7 Å². The van der Waals surface area contributed by atoms with E-state index in [9.17, 15) is 9.59 Å². The summed E-state index contributed by atoms with van der Waals surface area (Å²) in [7, 11) is 1.65. The topological polar surface area (TPSA) is 64.4 Å². The average Bonchev–Trinajstić information content (AvgIpc) is 3.46. The van der Waals surface area contributed by atoms with Crippen molar-refractivity contribution in [3.63, 3.8) is 0 Å². The Balaban J connectivity index is 1.30. The number of hydrogen-bond acceptors (Lipinski definition) is 5. The molecule has 7 heteroatoms. The lowest BCUT2D eigenvalue weighted by molar-refractivity contribution is -0.136. The van der Waals surface area contributed by atoms with Gasteiger partial charge in [-0.2, -0.15) is 5.10 Å². The molecule has 0 spiro atoms. The molecular weight excluding hydrogens is 422 g/mol. The van der Waals surface area contributed by atoms with Gasteiger partial charge in [-0.1, -0.05) is 18.2 Å². The molecule has 3 aromatic rings. The van der Waals surface area contributed by atoms with Crippen LogP contribution in [0, 0.1) is 5.92 Å². The first-order chi connectivity index (χ1) is 15.6. The highest BCUT2D eigenvalue weighted by Gasteiger charge is 2.53. The number of rotatable bonds is 6. The third-order valence-corrected chi connectivity index (χ3v) is 7.57. The number of ether oxygens (including phenoxy) is 1. The Bertz CT molecular complexity index is 1150. The largest absolute Gasteiger partial charge is 0.497 e. The summed E-state index contributed by atoms with van der Waals surface area (Å²) in [5.74, 6) is 1.25. The molecule has 0 N–H and O–H groups in total. The molecule has 0 bridgehead atoms. The van der Waals surface area contributed by atoms with Crippen molar-refractivity contribution in [1.29, 1.82) is 0 Å². The highest BCUT2D eigenvalue weighted by Crippen LogP contribution is 2.50. The van der Waals surface area contributed by atoms with E-state index in [2.05, 4.69) is 5.10 Å². The normalized spacial score (nSPS) is 19.5. The van der Waals surface area contributed by atoms with E-state index in [1.54, 1.807) is 35.3 Å². The Labute approximate surface area is 191 Å². The SMILES string of the molecule is COc1ccc(C2(C(=O)N3CCC[C@H](Cn4nc(-c5cccs5)ccc4=O)C3)CC2)cc1. The molecule has 1 aliphatic heterocycles. The number of aromatic nitrogens is 2. The van der Waals surface area contributed by atoms with Crippen LogP contribution in [0.4, 0.5) is 0 Å². The Morgan fingerprint density at radius 2 is 2.00 bits per heavy atom. The summed E-state index contributed by atoms with van der Waals surface area (Å²) in [6, 6.07) is 15.3. The molecule has 6 nitrogen and oxygen atoms in total. The highest BCUT2D eigenvalue weighted by molar-refractivity contribution is 7.13. The van der Waals surface area contributed by atoms with Gasteiger partial charge in [0.1, 0.15) is 11.4 Å². The fourth-order valence-corrected chi connectivity index (χ4v) is 5.43. The highest BCUT2D eigenvalue weighted by atomic mass is 32.1. The molecule has 166 valence electrons. The molecule has 2 aliphatic rings. The van der Waals surface area contributed by atoms with E-state index in [0.29, 0.717) is 13.1 Å². The molecular formula is C25H27N3O3S. The number of nitrogens with zero attached hydrogens (tertiary/aromatic N) is 3. The maximum atomic E-state index is 13.5. The second-order valence-electron chi connectivity index (χ2n) is 8.79. The van der Waals surface area contributed by atoms with Gasteiger partial charge in [0, 0.05) is 25.7 Å². The summed E-state index contributed by atoms with van der Waals surface area (Å²) in [6.07, 6.45) is 3.73. The van der Waals surface area contributed by atoms with E-state index in [-0.39, 0.29) is 22.8 Å². The summed E-state index contributed by atoms with van der Waals surface area (Å²) in [5, 5.41) is 6.61. The predicted octanol–water partition coefficient (Wildman–Crippen LogP) is 3.95. The van der Waals surface area contributed by atoms with Crippen molar-refractivity contribution in [2.24, 2.45) is 5.92 Å². The summed E-state index contributed by atoms with van der Waals surface area (Å²) in [6.45, 7) is 2.00. The molecule has 1 amide bonds. The number of amides is 1. The lowest BCUT2D eigenvalue weighted by atomic mass is 9.91. The van der Waals surface area contributed by atoms with Crippen molar-refractivity contribution in [1.82, 2.24) is 14.7 Å². The first-order valence-corrected chi connectivity index (χ1v) is 12.0. The Kier molecular flexibility index (Phi) is 5.59. The molecule has 0 radical (unpaired) electrons. The monoisotopic (exact) mass is 449 g/mol. The number of hydrogen-bond donors (Lipinski definition) is 0. The van der Waals surface area contributed by atoms with Gasteiger partial charge >= 0.3 is 0 Å². The van der Waals surface area contributed by atoms with Crippen molar-refractivity contribution in [3.05, 3.63) is 69.8 Å². The number of likely N-dealkylation sites (tertiary alicyclic amines) is 1. The zero-order valence-corrected chi connectivity index (χ0v) is 19.0. The average molecular weight is 450 g/mol. The van der Waals surface area contributed by atoms with E-state index in [0.717, 1.165) is 54.1 Å². The summed E-state index contributed by atoms with van der Waals surface area (Å²) in [5.41, 5.74) is 1.42. The zero-order valence-electron chi connectivity index (χ0n) is 18.2. The second kappa shape index (κ2) is 8.54. The fourth-order valence-electron chi connectivity index (χ4n) is 4.74. The number of thiophene rings is 1. The fraction of sp³-hybridized carbons (Fsp3) is 0.400. The van der Waals surface area contributed by atoms with Gasteiger partial charge < -0.3 is 9.64 Å². The van der Waals surface area contributed by atoms with Crippen molar-refractivity contribution in [2.45, 2.75) is 37.6 Å². The number of carbonyl (C=O) groups excluding carboxylic acids is 1. The first-order valence-electron chi connectivity index (χ1n) is 11.1. The van der Waals surface area contributed by atoms with Gasteiger partial charge in [0.2, 0.25) is 5.91 Å². The summed E-state index contributed by atoms with van der Waals surface area (Å²) < 4.78 is 6.84. The van der Waals surface area contributed by atoms with Crippen LogP contribution in [-0.2, 0) is 16.8 Å². The van der Waals surface area contributed by atoms with Gasteiger partial charge in [-0.25, -0.2) is 4.68 Å². The minimum absolute atomic E-state index is 0.0920. The van der Waals surface area contributed by atoms with Crippen LogP contribution in [0.2, 0.25) is 0 Å². The van der Waals surface area contributed by atoms with Crippen LogP contribution < -0.4 is 10.3 Å². The third-order valence-electron chi connectivity index (χ3n) is 6.68. The standard InChI is InChI=1S/C25H27N3O3S/c1-31-20-8-6-19(7-9-20)25(12-13-25)24(30)27-14-2-4-18(16-27)17-28-23(29)11-10-21(26-28)22-5-3-15-32-22/h3,5-11,15,18H,2,4,12-14,16-17H2,1H3/t18-/m0/s1. The lowest BCUT2D eigenvalue weighted by Gasteiger charge is -2.35. The number of benzene rings is 1. The smallest absolute Gasteiger partial charge is 0.266 e. The predicted molar refractivity (Wildman–Crippen MR) is 125 cm³/mol. The zero-order chi connectivity index (χ0) is 22.1. The quantitative estimate of drug-likeness (QED) is 0.572. The number of carbonyl (C=O) groups is 1. The van der Waals surface area contributed by atoms with E-state index < -0.39 is 0 Å². The molecule has 1 aromatic carbocycles. The van der Waals surface area contributed by atoms with Crippen molar-refractivity contribution < 1.29 is 9.53 Å². The Hall–Kier alpha value is -2.93. The maximum absolute atomic E-state index is 13.5. The van der Waals surface area contributed by atoms with E-state index >= 15 is 0 Å². The van der Waals surface area contributed by atoms with Crippen LogP contribution in [0.1, 0.15) is 31.2 Å². The molecule has 1 aliphatic carbocycles. The van der Waals surface area contributed by atoms with Crippen LogP contribution in [0.5, 0.6) is 5.75 Å². The van der Waals surface area contributed by atoms with Gasteiger partial charge in [0.15, 0.2) is 0 Å². The minimum atomic E-state index is -0.387. The number of piperidine rings is 1. The molecule has 3 heterocycles. The third kappa shape index (κ3) is 3.97. The Morgan fingerprint density at radius 3 is 2.69 bits per heavy atom. The van der Waals surface area contributed by atoms with Gasteiger partial charge in [0.25, 0.3) is 5.56 Å². The molecule has 2 aromatic heterocycles. The van der Waals surface area contributed by atoms with Crippen LogP contribution in [0.25, 0.3) is 10.6 Å². The molecule has 0 unspecified atom stereocenters. The van der Waals surface area contributed by atoms with Crippen molar-refractivity contribution in [2.75, 3.05) is 20.2 Å². The molecule has 1 saturated heterocycles. The molecule has 32 heavy (non-hydrogen) atoms. The Morgan fingerprint density at radius 1 is 1.19 bits per heavy atom. The van der Waals surface area contributed by atoms with Gasteiger partial charge in [-0.3, -0.25) is 9.59 Å². The van der Waals surface area contributed by atoms with Crippen molar-refractivity contribution >= 4 is 17.2 Å². The molecule has 5 rings (SSSR count). The molecule has 1 saturated carbocycles. The van der Waals surface area contributed by atoms with Crippen LogP contribution >= 0.6 is 11.3 Å². The van der Waals surface area contributed by atoms with Crippen LogP contribution in [0.15, 0.2) is 58.7 Å². The van der Waals surface area contributed by atoms with E-state index in [4.69, 9.17) is 4.74 Å². The van der Waals surface area contributed by atoms with Gasteiger partial charge in [-0.15, -0.1) is 11.3 Å². The van der Waals surface area contributed by atoms with E-state index in [1.165, 1.54) is 0 Å². The minimum Gasteiger partial charge on any atom is -0.497 e. The lowest BCUT2D eigenvalue weighted by Crippen LogP contribution is -2.46. The number of methoxy groups -OCH3 is 1. The van der Waals surface area contributed by atoms with Crippen molar-refractivity contribution in [3.8, 4) is 16.3 Å². The second-order valence-corrected chi connectivity index (χ2v) is 9.73. The van der Waals surface area contributed by atoms with Crippen LogP contribution in [0.3, 0.4) is 0 Å². The van der Waals surface area contributed by atoms with Crippen LogP contribution in [-0.4, -0.2) is 40.8 Å².